The normalized spacial score (nSPS) is 19.4. The van der Waals surface area contributed by atoms with Gasteiger partial charge in [-0.05, 0) is 6.07 Å². The fourth-order valence-corrected chi connectivity index (χ4v) is 4.36. The van der Waals surface area contributed by atoms with Crippen LogP contribution in [0.3, 0.4) is 0 Å². The zero-order valence-corrected chi connectivity index (χ0v) is 16.3. The van der Waals surface area contributed by atoms with Gasteiger partial charge in [-0.25, -0.2) is 18.1 Å². The first-order valence-corrected chi connectivity index (χ1v) is 10.0. The Kier molecular flexibility index (Phi) is 5.23. The van der Waals surface area contributed by atoms with Gasteiger partial charge in [-0.2, -0.15) is 12.7 Å². The minimum absolute atomic E-state index is 0.00865. The first-order chi connectivity index (χ1) is 13.0. The average molecular weight is 420 g/mol. The molecule has 2 N–H and O–H groups in total. The zero-order valence-electron chi connectivity index (χ0n) is 15.5. The van der Waals surface area contributed by atoms with Gasteiger partial charge in [0.15, 0.2) is 0 Å². The lowest BCUT2D eigenvalue weighted by Gasteiger charge is -2.41. The van der Waals surface area contributed by atoms with E-state index in [1.165, 1.54) is 12.3 Å². The van der Waals surface area contributed by atoms with E-state index in [9.17, 15) is 27.1 Å². The van der Waals surface area contributed by atoms with Gasteiger partial charge in [-0.1, -0.05) is 13.8 Å². The molecular weight excluding hydrogens is 398 g/mol. The summed E-state index contributed by atoms with van der Waals surface area (Å²) >= 11 is 0. The molecule has 0 atom stereocenters. The number of hydrogen-bond donors (Lipinski definition) is 2. The van der Waals surface area contributed by atoms with Crippen molar-refractivity contribution >= 4 is 21.8 Å². The molecule has 0 unspecified atom stereocenters. The van der Waals surface area contributed by atoms with Gasteiger partial charge in [0.05, 0.1) is 25.2 Å². The summed E-state index contributed by atoms with van der Waals surface area (Å²) in [5.41, 5.74) is -0.416. The molecule has 0 saturated carbocycles. The molecule has 1 aromatic rings. The second-order valence-electron chi connectivity index (χ2n) is 7.61. The van der Waals surface area contributed by atoms with Crippen LogP contribution in [0.25, 0.3) is 0 Å². The number of aliphatic hydroxyl groups is 1. The van der Waals surface area contributed by atoms with Gasteiger partial charge in [-0.15, -0.1) is 0 Å². The van der Waals surface area contributed by atoms with Crippen LogP contribution in [0.1, 0.15) is 24.2 Å². The Bertz CT molecular complexity index is 870. The number of ether oxygens (including phenoxy) is 1. The molecule has 2 aliphatic heterocycles. The van der Waals surface area contributed by atoms with Crippen LogP contribution in [-0.4, -0.2) is 74.0 Å². The molecule has 0 bridgehead atoms. The molecule has 0 aliphatic carbocycles. The Morgan fingerprint density at radius 2 is 2.11 bits per heavy atom. The number of amides is 1. The monoisotopic (exact) mass is 420 g/mol. The van der Waals surface area contributed by atoms with Crippen LogP contribution in [0.5, 0.6) is 5.88 Å². The summed E-state index contributed by atoms with van der Waals surface area (Å²) < 4.78 is 58.6. The lowest BCUT2D eigenvalue weighted by molar-refractivity contribution is -0.0946. The van der Waals surface area contributed by atoms with Crippen molar-refractivity contribution in [1.29, 1.82) is 0 Å². The number of carbonyl (C=O) groups is 1. The SMILES string of the molecule is CC(C)(CO)CNC(=O)c1cnc2c(c1)N(S(=O)(=O)N1CC(F)(F)C1)CCO2. The summed E-state index contributed by atoms with van der Waals surface area (Å²) in [7, 11) is -4.19. The highest BCUT2D eigenvalue weighted by Crippen LogP contribution is 2.37. The Morgan fingerprint density at radius 3 is 2.71 bits per heavy atom. The van der Waals surface area contributed by atoms with E-state index in [1.807, 2.05) is 0 Å². The van der Waals surface area contributed by atoms with Crippen molar-refractivity contribution < 1.29 is 31.8 Å². The number of aliphatic hydroxyl groups excluding tert-OH is 1. The van der Waals surface area contributed by atoms with Gasteiger partial charge in [0.2, 0.25) is 5.88 Å². The molecular formula is C16H22F2N4O5S. The number of anilines is 1. The second-order valence-corrected chi connectivity index (χ2v) is 9.46. The number of nitrogens with zero attached hydrogens (tertiary/aromatic N) is 3. The molecule has 3 rings (SSSR count). The van der Waals surface area contributed by atoms with Crippen LogP contribution in [0.2, 0.25) is 0 Å². The lowest BCUT2D eigenvalue weighted by atomic mass is 9.95. The summed E-state index contributed by atoms with van der Waals surface area (Å²) in [6.45, 7) is 1.77. The Morgan fingerprint density at radius 1 is 1.43 bits per heavy atom. The number of hydrogen-bond acceptors (Lipinski definition) is 6. The van der Waals surface area contributed by atoms with Gasteiger partial charge in [0.1, 0.15) is 12.3 Å². The predicted octanol–water partition coefficient (Wildman–Crippen LogP) is 0.224. The largest absolute Gasteiger partial charge is 0.474 e. The molecule has 156 valence electrons. The summed E-state index contributed by atoms with van der Waals surface area (Å²) in [5, 5.41) is 11.9. The smallest absolute Gasteiger partial charge is 0.304 e. The minimum atomic E-state index is -4.19. The molecule has 2 aliphatic rings. The molecule has 0 spiro atoms. The molecule has 0 aromatic carbocycles. The second kappa shape index (κ2) is 7.08. The number of rotatable bonds is 6. The molecule has 28 heavy (non-hydrogen) atoms. The Balaban J connectivity index is 1.83. The number of halogens is 2. The summed E-state index contributed by atoms with van der Waals surface area (Å²) in [4.78, 5) is 16.4. The van der Waals surface area contributed by atoms with E-state index in [0.29, 0.717) is 4.31 Å². The van der Waals surface area contributed by atoms with Crippen molar-refractivity contribution in [2.24, 2.45) is 5.41 Å². The van der Waals surface area contributed by atoms with E-state index in [1.54, 1.807) is 13.8 Å². The van der Waals surface area contributed by atoms with Crippen LogP contribution in [-0.2, 0) is 10.2 Å². The summed E-state index contributed by atoms with van der Waals surface area (Å²) in [6, 6.07) is 1.30. The first kappa shape index (κ1) is 20.7. The fourth-order valence-electron chi connectivity index (χ4n) is 2.69. The van der Waals surface area contributed by atoms with Crippen molar-refractivity contribution in [2.45, 2.75) is 19.8 Å². The number of carbonyl (C=O) groups excluding carboxylic acids is 1. The van der Waals surface area contributed by atoms with Crippen LogP contribution in [0.4, 0.5) is 14.5 Å². The topological polar surface area (TPSA) is 112 Å². The number of alkyl halides is 2. The van der Waals surface area contributed by atoms with Crippen molar-refractivity contribution in [3.8, 4) is 5.88 Å². The highest BCUT2D eigenvalue weighted by Gasteiger charge is 2.52. The van der Waals surface area contributed by atoms with Gasteiger partial charge in [0, 0.05) is 24.8 Å². The van der Waals surface area contributed by atoms with Crippen molar-refractivity contribution in [1.82, 2.24) is 14.6 Å². The summed E-state index contributed by atoms with van der Waals surface area (Å²) in [5.74, 6) is -3.54. The maximum Gasteiger partial charge on any atom is 0.304 e. The number of fused-ring (bicyclic) bond motifs is 1. The predicted molar refractivity (Wildman–Crippen MR) is 95.7 cm³/mol. The van der Waals surface area contributed by atoms with Crippen LogP contribution < -0.4 is 14.4 Å². The van der Waals surface area contributed by atoms with E-state index >= 15 is 0 Å². The van der Waals surface area contributed by atoms with Crippen molar-refractivity contribution in [3.63, 3.8) is 0 Å². The third-order valence-electron chi connectivity index (χ3n) is 4.47. The third-order valence-corrected chi connectivity index (χ3v) is 6.32. The maximum absolute atomic E-state index is 13.1. The zero-order chi connectivity index (χ0) is 20.7. The number of aromatic nitrogens is 1. The van der Waals surface area contributed by atoms with Crippen molar-refractivity contribution in [3.05, 3.63) is 17.8 Å². The molecule has 0 radical (unpaired) electrons. The Labute approximate surface area is 161 Å². The van der Waals surface area contributed by atoms with Gasteiger partial charge < -0.3 is 15.2 Å². The van der Waals surface area contributed by atoms with E-state index in [-0.39, 0.29) is 43.4 Å². The van der Waals surface area contributed by atoms with Gasteiger partial charge in [0.25, 0.3) is 11.8 Å². The average Bonchev–Trinajstić information content (AvgIpc) is 2.63. The summed E-state index contributed by atoms with van der Waals surface area (Å²) in [6.07, 6.45) is 1.24. The minimum Gasteiger partial charge on any atom is -0.474 e. The molecule has 12 heteroatoms. The standard InChI is InChI=1S/C16H22F2N4O5S/c1-15(2,10-23)7-20-13(24)11-5-12-14(19-6-11)27-4-3-22(12)28(25,26)21-8-16(17,18)9-21/h5-6,23H,3-4,7-10H2,1-2H3,(H,20,24). The number of nitrogens with one attached hydrogen (secondary N) is 1. The quantitative estimate of drug-likeness (QED) is 0.681. The van der Waals surface area contributed by atoms with E-state index in [2.05, 4.69) is 10.3 Å². The van der Waals surface area contributed by atoms with Crippen molar-refractivity contribution in [2.75, 3.05) is 43.7 Å². The molecule has 1 aromatic heterocycles. The lowest BCUT2D eigenvalue weighted by Crippen LogP contribution is -2.62. The highest BCUT2D eigenvalue weighted by molar-refractivity contribution is 7.90. The van der Waals surface area contributed by atoms with Gasteiger partial charge in [-0.3, -0.25) is 4.79 Å². The molecule has 9 nitrogen and oxygen atoms in total. The molecule has 3 heterocycles. The van der Waals surface area contributed by atoms with E-state index < -0.39 is 40.5 Å². The maximum atomic E-state index is 13.1. The first-order valence-electron chi connectivity index (χ1n) is 8.63. The van der Waals surface area contributed by atoms with E-state index in [0.717, 1.165) is 4.31 Å². The van der Waals surface area contributed by atoms with Crippen LogP contribution in [0, 0.1) is 5.41 Å². The third kappa shape index (κ3) is 4.03. The van der Waals surface area contributed by atoms with E-state index in [4.69, 9.17) is 4.74 Å². The molecule has 1 saturated heterocycles. The molecule has 1 fully saturated rings. The Hall–Kier alpha value is -2.05. The highest BCUT2D eigenvalue weighted by atomic mass is 32.2. The van der Waals surface area contributed by atoms with Crippen LogP contribution >= 0.6 is 0 Å². The van der Waals surface area contributed by atoms with Gasteiger partial charge >= 0.3 is 10.2 Å². The fraction of sp³-hybridized carbons (Fsp3) is 0.625. The number of pyridine rings is 1. The van der Waals surface area contributed by atoms with Crippen LogP contribution in [0.15, 0.2) is 12.3 Å². The molecule has 1 amide bonds.